The smallest absolute Gasteiger partial charge is 0.252 e. The molecular formula is C33H38N2O12S. The first-order valence-corrected chi connectivity index (χ1v) is 16.5. The zero-order valence-corrected chi connectivity index (χ0v) is 27.5. The highest BCUT2D eigenvalue weighted by molar-refractivity contribution is 7.80. The van der Waals surface area contributed by atoms with Crippen molar-refractivity contribution in [3.8, 4) is 17.2 Å². The number of rotatable bonds is 7. The van der Waals surface area contributed by atoms with Gasteiger partial charge < -0.3 is 49.1 Å². The van der Waals surface area contributed by atoms with Gasteiger partial charge in [0.2, 0.25) is 5.78 Å². The molecule has 3 saturated heterocycles. The fraction of sp³-hybridized carbons (Fsp3) is 0.545. The van der Waals surface area contributed by atoms with E-state index < -0.39 is 83.1 Å². The number of nitrogens with zero attached hydrogens (tertiary/aromatic N) is 1. The summed E-state index contributed by atoms with van der Waals surface area (Å²) < 4.78 is 35.6. The number of hydrogen-bond donors (Lipinski definition) is 5. The highest BCUT2D eigenvalue weighted by atomic mass is 32.1. The molecule has 3 fully saturated rings. The van der Waals surface area contributed by atoms with E-state index in [9.17, 15) is 29.7 Å². The van der Waals surface area contributed by atoms with Crippen LogP contribution in [0.2, 0.25) is 0 Å². The topological polar surface area (TPSA) is 183 Å². The number of fused-ring (bicyclic) bond motifs is 6. The summed E-state index contributed by atoms with van der Waals surface area (Å²) in [4.78, 5) is 43.3. The Morgan fingerprint density at radius 2 is 1.90 bits per heavy atom. The van der Waals surface area contributed by atoms with Crippen molar-refractivity contribution < 1.29 is 58.1 Å². The molecule has 258 valence electrons. The van der Waals surface area contributed by atoms with Crippen LogP contribution in [0.3, 0.4) is 0 Å². The number of hydrogen-bond acceptors (Lipinski definition) is 14. The molecule has 0 radical (unpaired) electrons. The lowest BCUT2D eigenvalue weighted by Gasteiger charge is -2.43. The van der Waals surface area contributed by atoms with Gasteiger partial charge in [-0.25, -0.2) is 0 Å². The molecule has 0 aromatic heterocycles. The summed E-state index contributed by atoms with van der Waals surface area (Å²) in [6, 6.07) is 4.34. The molecule has 2 aromatic carbocycles. The van der Waals surface area contributed by atoms with E-state index in [1.807, 2.05) is 6.92 Å². The number of benzene rings is 2. The largest absolute Gasteiger partial charge is 0.507 e. The van der Waals surface area contributed by atoms with Crippen LogP contribution in [0.1, 0.15) is 68.8 Å². The van der Waals surface area contributed by atoms with Gasteiger partial charge >= 0.3 is 0 Å². The molecule has 0 saturated carbocycles. The number of thiol groups is 1. The SMILES string of the molecule is COc1cccc2c1C(=O)c1c(O)c3c(c(O)c1C2=O)C[C@@](O)(C(=O)NCCS)C[C@@H]3O[C@H]1C[C@H]2[C@H](O[C@@H]3[C@@H](OC)OCCN32)[C@H](C)O1. The molecule has 8 atom stereocenters. The van der Waals surface area contributed by atoms with Gasteiger partial charge in [-0.2, -0.15) is 12.6 Å². The normalized spacial score (nSPS) is 32.5. The molecule has 15 heteroatoms. The van der Waals surface area contributed by atoms with Gasteiger partial charge in [0, 0.05) is 67.9 Å². The number of aliphatic hydroxyl groups is 1. The molecule has 1 amide bonds. The molecule has 3 aliphatic heterocycles. The van der Waals surface area contributed by atoms with Gasteiger partial charge in [-0.3, -0.25) is 19.3 Å². The standard InChI is InChI=1S/C33H38N2O12S/c1-14-29-17(35-8-9-44-31(43-3)30(35)47-29)11-20(45-14)46-19-13-33(41,32(40)34-7-10-48)12-16-22(19)28(39)24-23(26(16)37)25(36)15-5-4-6-18(42-2)21(15)27(24)38/h4-6,14,17,19-20,29-31,37,39,41,48H,7-13H2,1-3H3,(H,34,40)/t14-,17-,19-,20-,29+,30+,31-,33-/m0/s1. The van der Waals surface area contributed by atoms with Crippen molar-refractivity contribution in [1.29, 1.82) is 0 Å². The van der Waals surface area contributed by atoms with Gasteiger partial charge in [-0.15, -0.1) is 0 Å². The number of ether oxygens (including phenoxy) is 6. The number of phenols is 2. The molecule has 0 bridgehead atoms. The zero-order valence-electron chi connectivity index (χ0n) is 26.6. The number of methoxy groups -OCH3 is 2. The van der Waals surface area contributed by atoms with Crippen molar-refractivity contribution in [3.05, 3.63) is 51.6 Å². The Bertz CT molecular complexity index is 1670. The molecule has 48 heavy (non-hydrogen) atoms. The van der Waals surface area contributed by atoms with Crippen LogP contribution in [0, 0.1) is 0 Å². The summed E-state index contributed by atoms with van der Waals surface area (Å²) in [6.07, 6.45) is -4.46. The third kappa shape index (κ3) is 5.10. The van der Waals surface area contributed by atoms with Crippen LogP contribution in [-0.4, -0.2) is 120 Å². The predicted molar refractivity (Wildman–Crippen MR) is 168 cm³/mol. The Morgan fingerprint density at radius 1 is 1.12 bits per heavy atom. The van der Waals surface area contributed by atoms with E-state index in [1.54, 1.807) is 7.11 Å². The van der Waals surface area contributed by atoms with Crippen LogP contribution in [0.5, 0.6) is 17.2 Å². The molecule has 4 N–H and O–H groups in total. The van der Waals surface area contributed by atoms with Crippen molar-refractivity contribution in [2.45, 2.75) is 74.9 Å². The van der Waals surface area contributed by atoms with Crippen LogP contribution in [-0.2, 0) is 34.9 Å². The molecule has 0 spiro atoms. The first-order chi connectivity index (χ1) is 23.0. The van der Waals surface area contributed by atoms with Crippen molar-refractivity contribution >= 4 is 30.1 Å². The van der Waals surface area contributed by atoms with Gasteiger partial charge in [0.05, 0.1) is 42.6 Å². The highest BCUT2D eigenvalue weighted by Gasteiger charge is 2.55. The minimum Gasteiger partial charge on any atom is -0.507 e. The van der Waals surface area contributed by atoms with E-state index in [4.69, 9.17) is 28.4 Å². The molecule has 5 aliphatic rings. The van der Waals surface area contributed by atoms with E-state index in [0.717, 1.165) is 0 Å². The number of aromatic hydroxyl groups is 2. The number of morpholine rings is 1. The third-order valence-electron chi connectivity index (χ3n) is 10.0. The number of carbonyl (C=O) groups excluding carboxylic acids is 3. The average molecular weight is 687 g/mol. The van der Waals surface area contributed by atoms with Crippen LogP contribution >= 0.6 is 12.6 Å². The minimum absolute atomic E-state index is 0.0119. The summed E-state index contributed by atoms with van der Waals surface area (Å²) >= 11 is 4.14. The number of carbonyl (C=O) groups is 3. The minimum atomic E-state index is -2.12. The van der Waals surface area contributed by atoms with Crippen molar-refractivity contribution in [2.75, 3.05) is 39.7 Å². The van der Waals surface area contributed by atoms with Gasteiger partial charge in [0.15, 0.2) is 24.6 Å². The Morgan fingerprint density at radius 3 is 2.62 bits per heavy atom. The first-order valence-electron chi connectivity index (χ1n) is 15.9. The molecule has 3 heterocycles. The monoisotopic (exact) mass is 686 g/mol. The highest BCUT2D eigenvalue weighted by Crippen LogP contribution is 2.53. The molecule has 2 aromatic rings. The van der Waals surface area contributed by atoms with Crippen molar-refractivity contribution in [2.24, 2.45) is 0 Å². The Labute approximate surface area is 281 Å². The maximum Gasteiger partial charge on any atom is 0.252 e. The second-order valence-corrected chi connectivity index (χ2v) is 13.1. The van der Waals surface area contributed by atoms with E-state index in [2.05, 4.69) is 22.8 Å². The first kappa shape index (κ1) is 33.2. The van der Waals surface area contributed by atoms with Crippen LogP contribution in [0.25, 0.3) is 0 Å². The summed E-state index contributed by atoms with van der Waals surface area (Å²) in [5.74, 6) is -2.95. The zero-order chi connectivity index (χ0) is 34.1. The quantitative estimate of drug-likeness (QED) is 0.177. The molecular weight excluding hydrogens is 648 g/mol. The van der Waals surface area contributed by atoms with Crippen molar-refractivity contribution in [3.63, 3.8) is 0 Å². The van der Waals surface area contributed by atoms with Crippen LogP contribution in [0.4, 0.5) is 0 Å². The Kier molecular flexibility index (Phi) is 8.69. The van der Waals surface area contributed by atoms with Crippen molar-refractivity contribution in [1.82, 2.24) is 10.2 Å². The predicted octanol–water partition coefficient (Wildman–Crippen LogP) is 1.20. The Balaban J connectivity index is 1.29. The molecule has 7 rings (SSSR count). The second kappa shape index (κ2) is 12.6. The molecule has 2 aliphatic carbocycles. The lowest BCUT2D eigenvalue weighted by atomic mass is 9.72. The fourth-order valence-electron chi connectivity index (χ4n) is 7.84. The van der Waals surface area contributed by atoms with E-state index in [-0.39, 0.29) is 53.1 Å². The Hall–Kier alpha value is -3.28. The van der Waals surface area contributed by atoms with E-state index >= 15 is 0 Å². The summed E-state index contributed by atoms with van der Waals surface area (Å²) in [7, 11) is 2.91. The maximum absolute atomic E-state index is 14.0. The van der Waals surface area contributed by atoms with Gasteiger partial charge in [-0.1, -0.05) is 12.1 Å². The lowest BCUT2D eigenvalue weighted by Crippen LogP contribution is -2.55. The molecule has 14 nitrogen and oxygen atoms in total. The second-order valence-electron chi connectivity index (χ2n) is 12.7. The average Bonchev–Trinajstić information content (AvgIpc) is 3.46. The number of phenolic OH excluding ortho intramolecular Hbond substituents is 2. The van der Waals surface area contributed by atoms with Gasteiger partial charge in [0.25, 0.3) is 5.91 Å². The fourth-order valence-corrected chi connectivity index (χ4v) is 7.95. The van der Waals surface area contributed by atoms with Crippen LogP contribution in [0.15, 0.2) is 18.2 Å². The van der Waals surface area contributed by atoms with Gasteiger partial charge in [-0.05, 0) is 13.0 Å². The van der Waals surface area contributed by atoms with E-state index in [0.29, 0.717) is 25.3 Å². The third-order valence-corrected chi connectivity index (χ3v) is 10.2. The summed E-state index contributed by atoms with van der Waals surface area (Å²) in [5.41, 5.74) is -3.10. The number of nitrogens with one attached hydrogen (secondary N) is 1. The maximum atomic E-state index is 14.0. The van der Waals surface area contributed by atoms with Gasteiger partial charge in [0.1, 0.15) is 29.0 Å². The molecule has 0 unspecified atom stereocenters. The van der Waals surface area contributed by atoms with Crippen LogP contribution < -0.4 is 10.1 Å². The summed E-state index contributed by atoms with van der Waals surface area (Å²) in [5, 5.41) is 38.0. The summed E-state index contributed by atoms with van der Waals surface area (Å²) in [6.45, 7) is 3.03. The lowest BCUT2D eigenvalue weighted by molar-refractivity contribution is -0.256. The van der Waals surface area contributed by atoms with E-state index in [1.165, 1.54) is 25.3 Å². The number of amides is 1. The number of ketones is 2.